The molecule has 0 amide bonds. The largest absolute Gasteiger partial charge is 0.478 e. The number of carboxylic acid groups (broad SMARTS) is 1. The number of non-ortho nitro benzene ring substituents is 1. The van der Waals surface area contributed by atoms with Crippen LogP contribution in [0.4, 0.5) is 5.69 Å². The minimum absolute atomic E-state index is 0.0422. The second-order valence-corrected chi connectivity index (χ2v) is 4.84. The average molecular weight is 321 g/mol. The molecule has 0 aliphatic heterocycles. The van der Waals surface area contributed by atoms with Crippen molar-refractivity contribution in [1.82, 2.24) is 0 Å². The zero-order valence-corrected chi connectivity index (χ0v) is 12.7. The summed E-state index contributed by atoms with van der Waals surface area (Å²) < 4.78 is 0. The highest BCUT2D eigenvalue weighted by molar-refractivity contribution is 5.87. The van der Waals surface area contributed by atoms with Gasteiger partial charge in [0.15, 0.2) is 0 Å². The number of nitrogens with zero attached hydrogens (tertiary/aromatic N) is 1. The van der Waals surface area contributed by atoms with Gasteiger partial charge in [0.25, 0.3) is 5.69 Å². The Morgan fingerprint density at radius 1 is 0.750 bits per heavy atom. The lowest BCUT2D eigenvalue weighted by Crippen LogP contribution is -1.96. The van der Waals surface area contributed by atoms with Crippen LogP contribution in [0.15, 0.2) is 84.9 Å². The maximum absolute atomic E-state index is 10.3. The Bertz CT molecular complexity index is 729. The molecule has 3 rings (SSSR count). The summed E-state index contributed by atoms with van der Waals surface area (Å²) in [4.78, 5) is 19.9. The molecule has 0 saturated heterocycles. The Morgan fingerprint density at radius 2 is 1.17 bits per heavy atom. The van der Waals surface area contributed by atoms with Gasteiger partial charge in [0.05, 0.1) is 10.5 Å². The van der Waals surface area contributed by atoms with Crippen molar-refractivity contribution in [2.24, 2.45) is 0 Å². The highest BCUT2D eigenvalue weighted by Gasteiger charge is 2.06. The van der Waals surface area contributed by atoms with Crippen molar-refractivity contribution in [3.05, 3.63) is 101 Å². The van der Waals surface area contributed by atoms with Crippen LogP contribution < -0.4 is 0 Å². The molecule has 1 N–H and O–H groups in total. The molecule has 0 aliphatic carbocycles. The minimum Gasteiger partial charge on any atom is -0.478 e. The van der Waals surface area contributed by atoms with Gasteiger partial charge in [-0.05, 0) is 23.3 Å². The monoisotopic (exact) mass is 321 g/mol. The predicted octanol–water partition coefficient (Wildman–Crippen LogP) is 4.65. The number of carbonyl (C=O) groups is 1. The van der Waals surface area contributed by atoms with E-state index in [0.29, 0.717) is 0 Å². The van der Waals surface area contributed by atoms with Crippen LogP contribution in [0.1, 0.15) is 10.4 Å². The molecule has 0 radical (unpaired) electrons. The van der Waals surface area contributed by atoms with Gasteiger partial charge in [-0.15, -0.1) is 0 Å². The number of aromatic carboxylic acids is 1. The van der Waals surface area contributed by atoms with Gasteiger partial charge in [-0.2, -0.15) is 0 Å². The minimum atomic E-state index is -1.09. The third-order valence-electron chi connectivity index (χ3n) is 3.21. The van der Waals surface area contributed by atoms with Crippen LogP contribution >= 0.6 is 0 Å². The molecule has 0 spiro atoms. The number of nitro benzene ring substituents is 1. The summed E-state index contributed by atoms with van der Waals surface area (Å²) in [6, 6.07) is 25.5. The summed E-state index contributed by atoms with van der Waals surface area (Å²) in [6.45, 7) is 0. The first-order valence-electron chi connectivity index (χ1n) is 7.16. The molecule has 0 aliphatic rings. The number of benzene rings is 3. The lowest BCUT2D eigenvalue weighted by atomic mass is 10.1. The van der Waals surface area contributed by atoms with E-state index < -0.39 is 10.9 Å². The van der Waals surface area contributed by atoms with Gasteiger partial charge < -0.3 is 5.11 Å². The molecule has 5 heteroatoms. The van der Waals surface area contributed by atoms with E-state index in [1.807, 2.05) is 12.1 Å². The van der Waals surface area contributed by atoms with E-state index in [1.54, 1.807) is 0 Å². The molecule has 24 heavy (non-hydrogen) atoms. The van der Waals surface area contributed by atoms with E-state index in [1.165, 1.54) is 23.3 Å². The second-order valence-electron chi connectivity index (χ2n) is 4.84. The quantitative estimate of drug-likeness (QED) is 0.562. The molecule has 0 fully saturated rings. The molecular weight excluding hydrogens is 306 g/mol. The molecule has 3 aromatic carbocycles. The van der Waals surface area contributed by atoms with Crippen LogP contribution in [0.25, 0.3) is 11.1 Å². The Balaban J connectivity index is 0.000000174. The van der Waals surface area contributed by atoms with E-state index in [9.17, 15) is 14.9 Å². The maximum atomic E-state index is 10.3. The highest BCUT2D eigenvalue weighted by Crippen LogP contribution is 2.17. The number of nitro groups is 1. The SMILES string of the molecule is O=C(O)c1ccc([N+](=O)[O-])cc1.c1ccc(-c2ccccc2)cc1. The summed E-state index contributed by atoms with van der Waals surface area (Å²) in [5, 5.41) is 18.6. The van der Waals surface area contributed by atoms with Crippen molar-refractivity contribution >= 4 is 11.7 Å². The maximum Gasteiger partial charge on any atom is 0.335 e. The molecule has 3 aromatic rings. The highest BCUT2D eigenvalue weighted by atomic mass is 16.6. The van der Waals surface area contributed by atoms with Gasteiger partial charge in [0.2, 0.25) is 0 Å². The molecular formula is C19H15NO4. The van der Waals surface area contributed by atoms with E-state index >= 15 is 0 Å². The summed E-state index contributed by atoms with van der Waals surface area (Å²) >= 11 is 0. The van der Waals surface area contributed by atoms with Crippen molar-refractivity contribution in [2.45, 2.75) is 0 Å². The molecule has 0 atom stereocenters. The third-order valence-corrected chi connectivity index (χ3v) is 3.21. The molecule has 5 nitrogen and oxygen atoms in total. The topological polar surface area (TPSA) is 80.4 Å². The first kappa shape index (κ1) is 16.9. The predicted molar refractivity (Wildman–Crippen MR) is 91.9 cm³/mol. The summed E-state index contributed by atoms with van der Waals surface area (Å²) in [5.41, 5.74) is 2.48. The fraction of sp³-hybridized carbons (Fsp3) is 0. The number of rotatable bonds is 3. The fourth-order valence-electron chi connectivity index (χ4n) is 1.99. The van der Waals surface area contributed by atoms with Gasteiger partial charge in [-0.25, -0.2) is 4.79 Å². The normalized spacial score (nSPS) is 9.50. The van der Waals surface area contributed by atoms with E-state index in [4.69, 9.17) is 5.11 Å². The van der Waals surface area contributed by atoms with E-state index in [-0.39, 0.29) is 11.3 Å². The van der Waals surface area contributed by atoms with Crippen LogP contribution in [0.3, 0.4) is 0 Å². The lowest BCUT2D eigenvalue weighted by molar-refractivity contribution is -0.384. The Labute approximate surface area is 139 Å². The fourth-order valence-corrected chi connectivity index (χ4v) is 1.99. The van der Waals surface area contributed by atoms with Crippen LogP contribution in [0, 0.1) is 10.1 Å². The van der Waals surface area contributed by atoms with Crippen LogP contribution in [-0.2, 0) is 0 Å². The van der Waals surface area contributed by atoms with Gasteiger partial charge in [0, 0.05) is 12.1 Å². The molecule has 0 aromatic heterocycles. The zero-order chi connectivity index (χ0) is 17.4. The molecule has 0 unspecified atom stereocenters. The number of hydrogen-bond acceptors (Lipinski definition) is 3. The van der Waals surface area contributed by atoms with Gasteiger partial charge >= 0.3 is 5.97 Å². The van der Waals surface area contributed by atoms with Gasteiger partial charge in [0.1, 0.15) is 0 Å². The van der Waals surface area contributed by atoms with E-state index in [0.717, 1.165) is 12.1 Å². The van der Waals surface area contributed by atoms with Crippen molar-refractivity contribution in [1.29, 1.82) is 0 Å². The number of hydrogen-bond donors (Lipinski definition) is 1. The third kappa shape index (κ3) is 4.78. The van der Waals surface area contributed by atoms with Crippen LogP contribution in [-0.4, -0.2) is 16.0 Å². The summed E-state index contributed by atoms with van der Waals surface area (Å²) in [6.07, 6.45) is 0. The zero-order valence-electron chi connectivity index (χ0n) is 12.7. The molecule has 0 saturated carbocycles. The first-order chi connectivity index (χ1) is 11.6. The molecule has 0 bridgehead atoms. The summed E-state index contributed by atoms with van der Waals surface area (Å²) in [5.74, 6) is -1.09. The first-order valence-corrected chi connectivity index (χ1v) is 7.16. The van der Waals surface area contributed by atoms with Crippen molar-refractivity contribution in [3.8, 4) is 11.1 Å². The van der Waals surface area contributed by atoms with Crippen LogP contribution in [0.2, 0.25) is 0 Å². The summed E-state index contributed by atoms with van der Waals surface area (Å²) in [7, 11) is 0. The van der Waals surface area contributed by atoms with Gasteiger partial charge in [-0.1, -0.05) is 60.7 Å². The lowest BCUT2D eigenvalue weighted by Gasteiger charge is -1.98. The second kappa shape index (κ2) is 8.24. The Morgan fingerprint density at radius 3 is 1.50 bits per heavy atom. The number of carboxylic acids is 1. The molecule has 0 heterocycles. The Hall–Kier alpha value is -3.47. The van der Waals surface area contributed by atoms with Gasteiger partial charge in [-0.3, -0.25) is 10.1 Å². The van der Waals surface area contributed by atoms with Crippen molar-refractivity contribution in [2.75, 3.05) is 0 Å². The van der Waals surface area contributed by atoms with Crippen LogP contribution in [0.5, 0.6) is 0 Å². The average Bonchev–Trinajstić information content (AvgIpc) is 2.64. The van der Waals surface area contributed by atoms with Crippen molar-refractivity contribution in [3.63, 3.8) is 0 Å². The smallest absolute Gasteiger partial charge is 0.335 e. The molecule has 120 valence electrons. The van der Waals surface area contributed by atoms with Crippen molar-refractivity contribution < 1.29 is 14.8 Å². The standard InChI is InChI=1S/C12H10.C7H5NO4/c1-3-7-11(8-4-1)12-9-5-2-6-10-12;9-7(10)5-1-3-6(4-2-5)8(11)12/h1-10H;1-4H,(H,9,10). The van der Waals surface area contributed by atoms with E-state index in [2.05, 4.69) is 48.5 Å². The Kier molecular flexibility index (Phi) is 5.80.